The average Bonchev–Trinajstić information content (AvgIpc) is 3.23. The zero-order valence-corrected chi connectivity index (χ0v) is 12.6. The van der Waals surface area contributed by atoms with Crippen molar-refractivity contribution >= 4 is 11.6 Å². The standard InChI is InChI=1S/C15H19N5O/c1-9-10(2)19-20(11(9)3)15-16-7-13(8-17-15)18-14(21)6-12-4-5-12/h7-8,12H,4-6H2,1-3H3,(H,18,21). The van der Waals surface area contributed by atoms with Gasteiger partial charge in [0.25, 0.3) is 5.95 Å². The fraction of sp³-hybridized carbons (Fsp3) is 0.467. The quantitative estimate of drug-likeness (QED) is 0.935. The van der Waals surface area contributed by atoms with Gasteiger partial charge in [-0.3, -0.25) is 4.79 Å². The van der Waals surface area contributed by atoms with Gasteiger partial charge in [0.2, 0.25) is 5.91 Å². The van der Waals surface area contributed by atoms with Crippen molar-refractivity contribution in [1.82, 2.24) is 19.7 Å². The zero-order chi connectivity index (χ0) is 15.0. The molecule has 2 aromatic heterocycles. The summed E-state index contributed by atoms with van der Waals surface area (Å²) in [6, 6.07) is 0. The van der Waals surface area contributed by atoms with Crippen molar-refractivity contribution < 1.29 is 4.79 Å². The number of aromatic nitrogens is 4. The van der Waals surface area contributed by atoms with E-state index in [1.165, 1.54) is 12.8 Å². The topological polar surface area (TPSA) is 72.7 Å². The molecule has 1 N–H and O–H groups in total. The van der Waals surface area contributed by atoms with Crippen LogP contribution in [0.2, 0.25) is 0 Å². The number of carbonyl (C=O) groups excluding carboxylic acids is 1. The molecule has 1 aliphatic carbocycles. The van der Waals surface area contributed by atoms with Gasteiger partial charge in [-0.1, -0.05) is 0 Å². The van der Waals surface area contributed by atoms with E-state index in [9.17, 15) is 4.79 Å². The van der Waals surface area contributed by atoms with Crippen LogP contribution in [-0.2, 0) is 4.79 Å². The Bertz CT molecular complexity index is 670. The minimum atomic E-state index is 0.0378. The molecule has 0 aliphatic heterocycles. The molecule has 1 saturated carbocycles. The predicted molar refractivity (Wildman–Crippen MR) is 79.3 cm³/mol. The minimum absolute atomic E-state index is 0.0378. The number of rotatable bonds is 4. The lowest BCUT2D eigenvalue weighted by Gasteiger charge is -2.06. The van der Waals surface area contributed by atoms with Crippen molar-refractivity contribution in [3.63, 3.8) is 0 Å². The van der Waals surface area contributed by atoms with Crippen molar-refractivity contribution in [2.75, 3.05) is 5.32 Å². The van der Waals surface area contributed by atoms with Crippen LogP contribution in [0, 0.1) is 26.7 Å². The molecule has 0 aromatic carbocycles. The summed E-state index contributed by atoms with van der Waals surface area (Å²) in [7, 11) is 0. The molecule has 2 aromatic rings. The van der Waals surface area contributed by atoms with E-state index >= 15 is 0 Å². The van der Waals surface area contributed by atoms with Crippen LogP contribution in [0.15, 0.2) is 12.4 Å². The molecule has 1 fully saturated rings. The summed E-state index contributed by atoms with van der Waals surface area (Å²) in [5.41, 5.74) is 3.76. The first-order valence-corrected chi connectivity index (χ1v) is 7.19. The Morgan fingerprint density at radius 2 is 1.95 bits per heavy atom. The van der Waals surface area contributed by atoms with E-state index in [-0.39, 0.29) is 5.91 Å². The van der Waals surface area contributed by atoms with E-state index in [4.69, 9.17) is 0 Å². The number of nitrogens with zero attached hydrogens (tertiary/aromatic N) is 4. The normalized spacial score (nSPS) is 14.2. The third-order valence-electron chi connectivity index (χ3n) is 3.94. The Balaban J connectivity index is 1.73. The maximum Gasteiger partial charge on any atom is 0.250 e. The van der Waals surface area contributed by atoms with Gasteiger partial charge >= 0.3 is 0 Å². The number of nitrogens with one attached hydrogen (secondary N) is 1. The number of carbonyl (C=O) groups is 1. The molecule has 2 heterocycles. The highest BCUT2D eigenvalue weighted by molar-refractivity contribution is 5.90. The van der Waals surface area contributed by atoms with Gasteiger partial charge in [-0.05, 0) is 45.1 Å². The van der Waals surface area contributed by atoms with Gasteiger partial charge in [-0.15, -0.1) is 0 Å². The van der Waals surface area contributed by atoms with Crippen molar-refractivity contribution in [3.05, 3.63) is 29.3 Å². The van der Waals surface area contributed by atoms with Crippen LogP contribution in [0.5, 0.6) is 0 Å². The Labute approximate surface area is 123 Å². The molecular weight excluding hydrogens is 266 g/mol. The van der Waals surface area contributed by atoms with Crippen LogP contribution in [-0.4, -0.2) is 25.7 Å². The zero-order valence-electron chi connectivity index (χ0n) is 12.6. The Morgan fingerprint density at radius 1 is 1.29 bits per heavy atom. The SMILES string of the molecule is Cc1nn(-c2ncc(NC(=O)CC3CC3)cn2)c(C)c1C. The third-order valence-corrected chi connectivity index (χ3v) is 3.94. The molecule has 0 spiro atoms. The van der Waals surface area contributed by atoms with Crippen LogP contribution < -0.4 is 5.32 Å². The summed E-state index contributed by atoms with van der Waals surface area (Å²) in [4.78, 5) is 20.3. The monoisotopic (exact) mass is 285 g/mol. The summed E-state index contributed by atoms with van der Waals surface area (Å²) < 4.78 is 1.72. The molecule has 3 rings (SSSR count). The lowest BCUT2D eigenvalue weighted by Crippen LogP contribution is -2.13. The van der Waals surface area contributed by atoms with Crippen molar-refractivity contribution in [3.8, 4) is 5.95 Å². The summed E-state index contributed by atoms with van der Waals surface area (Å²) in [5, 5.41) is 7.25. The predicted octanol–water partition coefficient (Wildman–Crippen LogP) is 2.33. The van der Waals surface area contributed by atoms with E-state index in [1.807, 2.05) is 20.8 Å². The fourth-order valence-electron chi connectivity index (χ4n) is 2.21. The molecule has 21 heavy (non-hydrogen) atoms. The molecule has 0 bridgehead atoms. The molecule has 0 unspecified atom stereocenters. The van der Waals surface area contributed by atoms with Crippen LogP contribution >= 0.6 is 0 Å². The van der Waals surface area contributed by atoms with Gasteiger partial charge in [-0.2, -0.15) is 5.10 Å². The Hall–Kier alpha value is -2.24. The largest absolute Gasteiger partial charge is 0.323 e. The molecule has 0 atom stereocenters. The summed E-state index contributed by atoms with van der Waals surface area (Å²) >= 11 is 0. The highest BCUT2D eigenvalue weighted by atomic mass is 16.1. The van der Waals surface area contributed by atoms with E-state index in [0.717, 1.165) is 17.0 Å². The molecule has 1 amide bonds. The lowest BCUT2D eigenvalue weighted by atomic mass is 10.2. The van der Waals surface area contributed by atoms with Gasteiger partial charge in [0.15, 0.2) is 0 Å². The highest BCUT2D eigenvalue weighted by Gasteiger charge is 2.24. The molecule has 0 radical (unpaired) electrons. The second-order valence-electron chi connectivity index (χ2n) is 5.68. The third kappa shape index (κ3) is 2.94. The summed E-state index contributed by atoms with van der Waals surface area (Å²) in [5.74, 6) is 1.13. The first-order chi connectivity index (χ1) is 10.0. The van der Waals surface area contributed by atoms with Gasteiger partial charge in [-0.25, -0.2) is 14.6 Å². The molecule has 1 aliphatic rings. The van der Waals surface area contributed by atoms with Crippen molar-refractivity contribution in [2.24, 2.45) is 5.92 Å². The van der Waals surface area contributed by atoms with E-state index in [2.05, 4.69) is 20.4 Å². The Kier molecular flexibility index (Phi) is 3.45. The van der Waals surface area contributed by atoms with Gasteiger partial charge in [0.1, 0.15) is 0 Å². The molecule has 110 valence electrons. The highest BCUT2D eigenvalue weighted by Crippen LogP contribution is 2.32. The maximum atomic E-state index is 11.7. The molecular formula is C15H19N5O. The van der Waals surface area contributed by atoms with Crippen molar-refractivity contribution in [1.29, 1.82) is 0 Å². The van der Waals surface area contributed by atoms with Crippen LogP contribution in [0.1, 0.15) is 36.2 Å². The number of aryl methyl sites for hydroxylation is 1. The number of hydrogen-bond donors (Lipinski definition) is 1. The van der Waals surface area contributed by atoms with Crippen molar-refractivity contribution in [2.45, 2.75) is 40.0 Å². The number of anilines is 1. The summed E-state index contributed by atoms with van der Waals surface area (Å²) in [6.45, 7) is 5.98. The number of hydrogen-bond acceptors (Lipinski definition) is 4. The average molecular weight is 285 g/mol. The summed E-state index contributed by atoms with van der Waals surface area (Å²) in [6.07, 6.45) is 6.18. The first-order valence-electron chi connectivity index (χ1n) is 7.19. The smallest absolute Gasteiger partial charge is 0.250 e. The fourth-order valence-corrected chi connectivity index (χ4v) is 2.21. The first kappa shape index (κ1) is 13.7. The second-order valence-corrected chi connectivity index (χ2v) is 5.68. The van der Waals surface area contributed by atoms with E-state index < -0.39 is 0 Å². The number of amides is 1. The van der Waals surface area contributed by atoms with Gasteiger partial charge in [0, 0.05) is 12.1 Å². The van der Waals surface area contributed by atoms with Crippen LogP contribution in [0.25, 0.3) is 5.95 Å². The van der Waals surface area contributed by atoms with Crippen LogP contribution in [0.4, 0.5) is 5.69 Å². The molecule has 6 nitrogen and oxygen atoms in total. The lowest BCUT2D eigenvalue weighted by molar-refractivity contribution is -0.116. The molecule has 6 heteroatoms. The van der Waals surface area contributed by atoms with E-state index in [0.29, 0.717) is 24.0 Å². The minimum Gasteiger partial charge on any atom is -0.323 e. The van der Waals surface area contributed by atoms with E-state index in [1.54, 1.807) is 17.1 Å². The molecule has 0 saturated heterocycles. The van der Waals surface area contributed by atoms with Gasteiger partial charge in [0.05, 0.1) is 23.8 Å². The maximum absolute atomic E-state index is 11.7. The Morgan fingerprint density at radius 3 is 2.48 bits per heavy atom. The second kappa shape index (κ2) is 5.27. The van der Waals surface area contributed by atoms with Crippen LogP contribution in [0.3, 0.4) is 0 Å². The van der Waals surface area contributed by atoms with Gasteiger partial charge < -0.3 is 5.32 Å².